The molecule has 1 aromatic heterocycles. The topological polar surface area (TPSA) is 28.7 Å². The molecule has 0 radical (unpaired) electrons. The van der Waals surface area contributed by atoms with Crippen LogP contribution in [0.5, 0.6) is 0 Å². The minimum Gasteiger partial charge on any atom is -0.259 e. The minimum atomic E-state index is 0.628. The molecule has 1 heterocycles. The van der Waals surface area contributed by atoms with Crippen LogP contribution in [0.25, 0.3) is 10.9 Å². The molecule has 0 saturated heterocycles. The highest BCUT2D eigenvalue weighted by Crippen LogP contribution is 2.24. The van der Waals surface area contributed by atoms with Gasteiger partial charge in [0.05, 0.1) is 11.1 Å². The summed E-state index contributed by atoms with van der Waals surface area (Å²) in [6.07, 6.45) is 1.64. The summed E-state index contributed by atoms with van der Waals surface area (Å²) in [5, 5.41) is 9.80. The monoisotopic (exact) mass is 190 g/mol. The zero-order valence-electron chi connectivity index (χ0n) is 7.08. The molecule has 0 N–H and O–H groups in total. The van der Waals surface area contributed by atoms with Crippen molar-refractivity contribution in [2.45, 2.75) is 6.92 Å². The van der Waals surface area contributed by atoms with Crippen LogP contribution in [-0.4, -0.2) is 4.09 Å². The van der Waals surface area contributed by atoms with Gasteiger partial charge in [-0.1, -0.05) is 12.1 Å². The predicted octanol–water partition coefficient (Wildman–Crippen LogP) is 2.82. The molecule has 0 unspecified atom stereocenters. The van der Waals surface area contributed by atoms with E-state index in [1.165, 1.54) is 4.09 Å². The van der Waals surface area contributed by atoms with Crippen LogP contribution in [-0.2, 0) is 0 Å². The number of hydrogen-bond acceptors (Lipinski definition) is 1. The number of aryl methyl sites for hydroxylation is 1. The third-order valence-corrected chi connectivity index (χ3v) is 2.39. The second kappa shape index (κ2) is 2.79. The van der Waals surface area contributed by atoms with E-state index in [1.54, 1.807) is 6.20 Å². The largest absolute Gasteiger partial charge is 0.259 e. The summed E-state index contributed by atoms with van der Waals surface area (Å²) >= 11 is 5.89. The van der Waals surface area contributed by atoms with E-state index in [-0.39, 0.29) is 0 Å². The molecule has 2 rings (SSSR count). The van der Waals surface area contributed by atoms with E-state index < -0.39 is 0 Å². The SMILES string of the molecule is Cc1cccc2c1c(C#N)cn2Cl. The summed E-state index contributed by atoms with van der Waals surface area (Å²) in [5.41, 5.74) is 2.59. The molecular weight excluding hydrogens is 184 g/mol. The van der Waals surface area contributed by atoms with Crippen molar-refractivity contribution in [3.63, 3.8) is 0 Å². The number of hydrogen-bond donors (Lipinski definition) is 0. The molecule has 0 atom stereocenters. The van der Waals surface area contributed by atoms with Crippen LogP contribution in [0.4, 0.5) is 0 Å². The van der Waals surface area contributed by atoms with Crippen LogP contribution < -0.4 is 0 Å². The molecule has 64 valence electrons. The molecule has 0 fully saturated rings. The highest BCUT2D eigenvalue weighted by molar-refractivity contribution is 6.19. The molecule has 0 bridgehead atoms. The van der Waals surface area contributed by atoms with Gasteiger partial charge in [-0.3, -0.25) is 4.09 Å². The average molecular weight is 191 g/mol. The van der Waals surface area contributed by atoms with Crippen molar-refractivity contribution in [2.24, 2.45) is 0 Å². The predicted molar refractivity (Wildman–Crippen MR) is 52.6 cm³/mol. The highest BCUT2D eigenvalue weighted by Gasteiger charge is 2.08. The van der Waals surface area contributed by atoms with Gasteiger partial charge in [0, 0.05) is 23.4 Å². The van der Waals surface area contributed by atoms with Gasteiger partial charge in [-0.15, -0.1) is 0 Å². The second-order valence-electron chi connectivity index (χ2n) is 2.93. The molecule has 0 aliphatic rings. The summed E-state index contributed by atoms with van der Waals surface area (Å²) in [6.45, 7) is 1.97. The number of benzene rings is 1. The number of nitrogens with zero attached hydrogens (tertiary/aromatic N) is 2. The van der Waals surface area contributed by atoms with Crippen LogP contribution in [0, 0.1) is 18.3 Å². The van der Waals surface area contributed by atoms with E-state index in [1.807, 2.05) is 25.1 Å². The Kier molecular flexibility index (Phi) is 1.75. The van der Waals surface area contributed by atoms with E-state index in [0.29, 0.717) is 5.56 Å². The number of nitriles is 1. The summed E-state index contributed by atoms with van der Waals surface area (Å²) in [6, 6.07) is 7.93. The summed E-state index contributed by atoms with van der Waals surface area (Å²) in [5.74, 6) is 0. The summed E-state index contributed by atoms with van der Waals surface area (Å²) in [7, 11) is 0. The molecule has 0 amide bonds. The van der Waals surface area contributed by atoms with Gasteiger partial charge in [-0.05, 0) is 18.6 Å². The Morgan fingerprint density at radius 3 is 2.92 bits per heavy atom. The third-order valence-electron chi connectivity index (χ3n) is 2.11. The first-order valence-electron chi connectivity index (χ1n) is 3.91. The first kappa shape index (κ1) is 8.15. The average Bonchev–Trinajstić information content (AvgIpc) is 2.45. The van der Waals surface area contributed by atoms with Crippen molar-refractivity contribution in [3.05, 3.63) is 35.5 Å². The van der Waals surface area contributed by atoms with Crippen molar-refractivity contribution >= 4 is 22.7 Å². The fourth-order valence-corrected chi connectivity index (χ4v) is 1.75. The standard InChI is InChI=1S/C10H7ClN2/c1-7-3-2-4-9-10(7)8(5-12)6-13(9)11/h2-4,6H,1H3. The van der Waals surface area contributed by atoms with Crippen LogP contribution in [0.15, 0.2) is 24.4 Å². The van der Waals surface area contributed by atoms with Crippen molar-refractivity contribution in [1.29, 1.82) is 5.26 Å². The lowest BCUT2D eigenvalue weighted by Gasteiger charge is -1.95. The lowest BCUT2D eigenvalue weighted by atomic mass is 10.1. The van der Waals surface area contributed by atoms with Gasteiger partial charge in [0.25, 0.3) is 0 Å². The van der Waals surface area contributed by atoms with Crippen molar-refractivity contribution in [1.82, 2.24) is 4.09 Å². The van der Waals surface area contributed by atoms with Crippen molar-refractivity contribution < 1.29 is 0 Å². The molecule has 2 nitrogen and oxygen atoms in total. The van der Waals surface area contributed by atoms with Crippen LogP contribution in [0.1, 0.15) is 11.1 Å². The molecule has 0 aliphatic carbocycles. The smallest absolute Gasteiger partial charge is 0.101 e. The zero-order valence-corrected chi connectivity index (χ0v) is 7.84. The van der Waals surface area contributed by atoms with E-state index in [4.69, 9.17) is 17.0 Å². The van der Waals surface area contributed by atoms with Gasteiger partial charge in [0.15, 0.2) is 0 Å². The Balaban J connectivity index is 2.99. The second-order valence-corrected chi connectivity index (χ2v) is 3.30. The van der Waals surface area contributed by atoms with Gasteiger partial charge in [-0.25, -0.2) is 0 Å². The molecule has 0 spiro atoms. The van der Waals surface area contributed by atoms with Gasteiger partial charge >= 0.3 is 0 Å². The summed E-state index contributed by atoms with van der Waals surface area (Å²) < 4.78 is 1.46. The molecule has 3 heteroatoms. The Labute approximate surface area is 81.1 Å². The quantitative estimate of drug-likeness (QED) is 0.628. The number of halogens is 1. The Hall–Kier alpha value is -1.46. The van der Waals surface area contributed by atoms with Crippen LogP contribution in [0.3, 0.4) is 0 Å². The Morgan fingerprint density at radius 1 is 1.46 bits per heavy atom. The maximum absolute atomic E-state index is 8.85. The third kappa shape index (κ3) is 1.09. The first-order chi connectivity index (χ1) is 6.24. The zero-order chi connectivity index (χ0) is 9.42. The molecule has 1 aromatic carbocycles. The normalized spacial score (nSPS) is 10.2. The van der Waals surface area contributed by atoms with Gasteiger partial charge in [0.2, 0.25) is 0 Å². The Morgan fingerprint density at radius 2 is 2.23 bits per heavy atom. The molecule has 13 heavy (non-hydrogen) atoms. The van der Waals surface area contributed by atoms with Gasteiger partial charge in [-0.2, -0.15) is 5.26 Å². The van der Waals surface area contributed by atoms with Crippen LogP contribution >= 0.6 is 11.8 Å². The van der Waals surface area contributed by atoms with Crippen LogP contribution in [0.2, 0.25) is 0 Å². The maximum Gasteiger partial charge on any atom is 0.101 e. The van der Waals surface area contributed by atoms with E-state index in [2.05, 4.69) is 6.07 Å². The molecule has 0 aliphatic heterocycles. The number of aromatic nitrogens is 1. The number of rotatable bonds is 0. The van der Waals surface area contributed by atoms with Crippen molar-refractivity contribution in [2.75, 3.05) is 0 Å². The number of fused-ring (bicyclic) bond motifs is 1. The van der Waals surface area contributed by atoms with Gasteiger partial charge in [0.1, 0.15) is 6.07 Å². The van der Waals surface area contributed by atoms with E-state index in [0.717, 1.165) is 16.5 Å². The maximum atomic E-state index is 8.85. The first-order valence-corrected chi connectivity index (χ1v) is 4.25. The summed E-state index contributed by atoms with van der Waals surface area (Å²) in [4.78, 5) is 0. The van der Waals surface area contributed by atoms with Crippen molar-refractivity contribution in [3.8, 4) is 6.07 Å². The molecule has 0 saturated carbocycles. The lowest BCUT2D eigenvalue weighted by Crippen LogP contribution is -1.77. The fourth-order valence-electron chi connectivity index (χ4n) is 1.51. The van der Waals surface area contributed by atoms with Gasteiger partial charge < -0.3 is 0 Å². The minimum absolute atomic E-state index is 0.628. The highest BCUT2D eigenvalue weighted by atomic mass is 35.5. The van der Waals surface area contributed by atoms with E-state index in [9.17, 15) is 0 Å². The lowest BCUT2D eigenvalue weighted by molar-refractivity contribution is 1.31. The van der Waals surface area contributed by atoms with E-state index >= 15 is 0 Å². The molecule has 2 aromatic rings. The fraction of sp³-hybridized carbons (Fsp3) is 0.100. The molecular formula is C10H7ClN2. The Bertz CT molecular complexity index is 505.